The summed E-state index contributed by atoms with van der Waals surface area (Å²) in [6.07, 6.45) is 5.00. The van der Waals surface area contributed by atoms with Gasteiger partial charge >= 0.3 is 0 Å². The van der Waals surface area contributed by atoms with Crippen LogP contribution in [0.15, 0.2) is 12.4 Å². The Morgan fingerprint density at radius 3 is 2.68 bits per heavy atom. The molecule has 1 N–H and O–H groups in total. The van der Waals surface area contributed by atoms with Gasteiger partial charge in [-0.3, -0.25) is 9.88 Å². The van der Waals surface area contributed by atoms with Crippen LogP contribution in [0.2, 0.25) is 0 Å². The molecule has 0 bridgehead atoms. The summed E-state index contributed by atoms with van der Waals surface area (Å²) in [6.45, 7) is 9.60. The lowest BCUT2D eigenvalue weighted by atomic mass is 10.4. The quantitative estimate of drug-likeness (QED) is 0.742. The molecule has 0 saturated carbocycles. The Labute approximate surface area is 116 Å². The van der Waals surface area contributed by atoms with E-state index >= 15 is 0 Å². The molecule has 0 amide bonds. The normalized spacial score (nSPS) is 11.3. The standard InChI is InChI=1S/C14H26N4O/c1-5-6-15-14-10-16-13(9-17-14)11-18(4)7-8-19-12(2)3/h9-10,12H,5-8,11H2,1-4H3,(H,15,17). The molecule has 0 atom stereocenters. The molecule has 1 heterocycles. The van der Waals surface area contributed by atoms with Crippen molar-refractivity contribution in [3.05, 3.63) is 18.1 Å². The van der Waals surface area contributed by atoms with Crippen LogP contribution in [0.1, 0.15) is 32.9 Å². The summed E-state index contributed by atoms with van der Waals surface area (Å²) < 4.78 is 5.53. The Kier molecular flexibility index (Phi) is 7.36. The third-order valence-electron chi connectivity index (χ3n) is 2.62. The lowest BCUT2D eigenvalue weighted by molar-refractivity contribution is 0.0625. The monoisotopic (exact) mass is 266 g/mol. The molecular weight excluding hydrogens is 240 g/mol. The van der Waals surface area contributed by atoms with Crippen LogP contribution in [-0.2, 0) is 11.3 Å². The fraction of sp³-hybridized carbons (Fsp3) is 0.714. The van der Waals surface area contributed by atoms with Crippen LogP contribution < -0.4 is 5.32 Å². The molecule has 0 aliphatic rings. The summed E-state index contributed by atoms with van der Waals surface area (Å²) in [5.41, 5.74) is 0.981. The van der Waals surface area contributed by atoms with Crippen molar-refractivity contribution in [2.75, 3.05) is 32.1 Å². The minimum absolute atomic E-state index is 0.289. The first-order valence-corrected chi connectivity index (χ1v) is 6.96. The van der Waals surface area contributed by atoms with Crippen molar-refractivity contribution in [1.82, 2.24) is 14.9 Å². The van der Waals surface area contributed by atoms with Crippen molar-refractivity contribution >= 4 is 5.82 Å². The van der Waals surface area contributed by atoms with Gasteiger partial charge in [0, 0.05) is 19.6 Å². The average Bonchev–Trinajstić information content (AvgIpc) is 2.37. The molecule has 0 aromatic carbocycles. The third kappa shape index (κ3) is 7.08. The Morgan fingerprint density at radius 2 is 2.11 bits per heavy atom. The van der Waals surface area contributed by atoms with Gasteiger partial charge in [-0.05, 0) is 27.3 Å². The van der Waals surface area contributed by atoms with Crippen LogP contribution in [0.5, 0.6) is 0 Å². The topological polar surface area (TPSA) is 50.3 Å². The van der Waals surface area contributed by atoms with Gasteiger partial charge in [0.25, 0.3) is 0 Å². The van der Waals surface area contributed by atoms with E-state index in [0.717, 1.165) is 44.2 Å². The summed E-state index contributed by atoms with van der Waals surface area (Å²) in [5, 5.41) is 3.21. The van der Waals surface area contributed by atoms with Gasteiger partial charge in [0.1, 0.15) is 5.82 Å². The number of rotatable bonds is 9. The van der Waals surface area contributed by atoms with Gasteiger partial charge in [-0.2, -0.15) is 0 Å². The van der Waals surface area contributed by atoms with Crippen molar-refractivity contribution in [1.29, 1.82) is 0 Å². The third-order valence-corrected chi connectivity index (χ3v) is 2.62. The number of hydrogen-bond acceptors (Lipinski definition) is 5. The highest BCUT2D eigenvalue weighted by atomic mass is 16.5. The Bertz CT molecular complexity index is 340. The number of ether oxygens (including phenoxy) is 1. The van der Waals surface area contributed by atoms with E-state index in [-0.39, 0.29) is 6.10 Å². The van der Waals surface area contributed by atoms with Crippen molar-refractivity contribution in [2.45, 2.75) is 39.8 Å². The molecular formula is C14H26N4O. The molecule has 5 nitrogen and oxygen atoms in total. The van der Waals surface area contributed by atoms with Crippen molar-refractivity contribution in [3.8, 4) is 0 Å². The van der Waals surface area contributed by atoms with E-state index in [1.54, 1.807) is 6.20 Å². The molecule has 1 rings (SSSR count). The maximum atomic E-state index is 5.53. The first-order valence-electron chi connectivity index (χ1n) is 6.96. The molecule has 0 spiro atoms. The molecule has 0 fully saturated rings. The minimum Gasteiger partial charge on any atom is -0.377 e. The van der Waals surface area contributed by atoms with Crippen molar-refractivity contribution in [2.24, 2.45) is 0 Å². The SMILES string of the molecule is CCCNc1cnc(CN(C)CCOC(C)C)cn1. The number of nitrogens with zero attached hydrogens (tertiary/aromatic N) is 3. The average molecular weight is 266 g/mol. The summed E-state index contributed by atoms with van der Waals surface area (Å²) in [5.74, 6) is 0.844. The largest absolute Gasteiger partial charge is 0.377 e. The zero-order valence-corrected chi connectivity index (χ0v) is 12.5. The molecule has 0 saturated heterocycles. The maximum absolute atomic E-state index is 5.53. The van der Waals surface area contributed by atoms with E-state index in [4.69, 9.17) is 4.74 Å². The second-order valence-electron chi connectivity index (χ2n) is 4.98. The van der Waals surface area contributed by atoms with Gasteiger partial charge in [-0.1, -0.05) is 6.92 Å². The molecule has 1 aromatic rings. The van der Waals surface area contributed by atoms with Crippen LogP contribution in [0, 0.1) is 0 Å². The number of aromatic nitrogens is 2. The molecule has 0 aliphatic carbocycles. The zero-order valence-electron chi connectivity index (χ0n) is 12.5. The molecule has 0 aliphatic heterocycles. The highest BCUT2D eigenvalue weighted by Gasteiger charge is 2.03. The number of nitrogens with one attached hydrogen (secondary N) is 1. The van der Waals surface area contributed by atoms with E-state index in [0.29, 0.717) is 0 Å². The van der Waals surface area contributed by atoms with Crippen LogP contribution >= 0.6 is 0 Å². The van der Waals surface area contributed by atoms with Gasteiger partial charge in [-0.25, -0.2) is 4.98 Å². The first kappa shape index (κ1) is 15.9. The van der Waals surface area contributed by atoms with E-state index in [9.17, 15) is 0 Å². The summed E-state index contributed by atoms with van der Waals surface area (Å²) in [4.78, 5) is 10.9. The fourth-order valence-electron chi connectivity index (χ4n) is 1.58. The summed E-state index contributed by atoms with van der Waals surface area (Å²) in [7, 11) is 2.06. The van der Waals surface area contributed by atoms with Gasteiger partial charge in [0.2, 0.25) is 0 Å². The molecule has 19 heavy (non-hydrogen) atoms. The van der Waals surface area contributed by atoms with Crippen LogP contribution in [-0.4, -0.2) is 47.7 Å². The van der Waals surface area contributed by atoms with E-state index in [2.05, 4.69) is 34.2 Å². The van der Waals surface area contributed by atoms with Crippen LogP contribution in [0.3, 0.4) is 0 Å². The van der Waals surface area contributed by atoms with Gasteiger partial charge < -0.3 is 10.1 Å². The fourth-order valence-corrected chi connectivity index (χ4v) is 1.58. The first-order chi connectivity index (χ1) is 9.11. The van der Waals surface area contributed by atoms with Gasteiger partial charge in [-0.15, -0.1) is 0 Å². The molecule has 0 radical (unpaired) electrons. The van der Waals surface area contributed by atoms with Gasteiger partial charge in [0.05, 0.1) is 30.8 Å². The highest BCUT2D eigenvalue weighted by molar-refractivity contribution is 5.30. The second-order valence-corrected chi connectivity index (χ2v) is 4.98. The Balaban J connectivity index is 2.31. The lowest BCUT2D eigenvalue weighted by Crippen LogP contribution is -2.24. The highest BCUT2D eigenvalue weighted by Crippen LogP contribution is 2.03. The Morgan fingerprint density at radius 1 is 1.32 bits per heavy atom. The van der Waals surface area contributed by atoms with E-state index < -0.39 is 0 Å². The zero-order chi connectivity index (χ0) is 14.1. The van der Waals surface area contributed by atoms with Crippen LogP contribution in [0.25, 0.3) is 0 Å². The van der Waals surface area contributed by atoms with Crippen molar-refractivity contribution < 1.29 is 4.74 Å². The number of anilines is 1. The summed E-state index contributed by atoms with van der Waals surface area (Å²) in [6, 6.07) is 0. The number of hydrogen-bond donors (Lipinski definition) is 1. The predicted molar refractivity (Wildman–Crippen MR) is 78.2 cm³/mol. The molecule has 1 aromatic heterocycles. The summed E-state index contributed by atoms with van der Waals surface area (Å²) >= 11 is 0. The molecule has 108 valence electrons. The lowest BCUT2D eigenvalue weighted by Gasteiger charge is -2.17. The smallest absolute Gasteiger partial charge is 0.144 e. The maximum Gasteiger partial charge on any atom is 0.144 e. The van der Waals surface area contributed by atoms with E-state index in [1.807, 2.05) is 20.0 Å². The molecule has 5 heteroatoms. The van der Waals surface area contributed by atoms with Crippen LogP contribution in [0.4, 0.5) is 5.82 Å². The predicted octanol–water partition coefficient (Wildman–Crippen LogP) is 2.16. The van der Waals surface area contributed by atoms with E-state index in [1.165, 1.54) is 0 Å². The minimum atomic E-state index is 0.289. The van der Waals surface area contributed by atoms with Gasteiger partial charge in [0.15, 0.2) is 0 Å². The Hall–Kier alpha value is -1.20. The second kappa shape index (κ2) is 8.82. The number of likely N-dealkylation sites (N-methyl/N-ethyl adjacent to an activating group) is 1. The van der Waals surface area contributed by atoms with Crippen molar-refractivity contribution in [3.63, 3.8) is 0 Å². The molecule has 0 unspecified atom stereocenters.